The van der Waals surface area contributed by atoms with Crippen molar-refractivity contribution in [3.8, 4) is 0 Å². The summed E-state index contributed by atoms with van der Waals surface area (Å²) in [5, 5.41) is 34.2. The van der Waals surface area contributed by atoms with E-state index in [9.17, 15) is 38.7 Å². The van der Waals surface area contributed by atoms with Gasteiger partial charge in [-0.1, -0.05) is 0 Å². The van der Waals surface area contributed by atoms with Crippen molar-refractivity contribution in [2.45, 2.75) is 69.1 Å². The number of carbonyl (C=O) groups excluding carboxylic acids is 4. The third-order valence-electron chi connectivity index (χ3n) is 5.19. The van der Waals surface area contributed by atoms with Gasteiger partial charge < -0.3 is 47.7 Å². The van der Waals surface area contributed by atoms with Gasteiger partial charge in [-0.2, -0.15) is 0 Å². The minimum absolute atomic E-state index is 0.148. The van der Waals surface area contributed by atoms with E-state index < -0.39 is 91.4 Å². The second kappa shape index (κ2) is 15.5. The highest BCUT2D eigenvalue weighted by Gasteiger charge is 2.31. The van der Waals surface area contributed by atoms with Gasteiger partial charge in [0.1, 0.15) is 18.1 Å². The zero-order valence-corrected chi connectivity index (χ0v) is 20.2. The lowest BCUT2D eigenvalue weighted by molar-refractivity contribution is -0.143. The Kier molecular flexibility index (Phi) is 12.9. The van der Waals surface area contributed by atoms with E-state index in [1.54, 1.807) is 0 Å². The number of aromatic nitrogens is 2. The van der Waals surface area contributed by atoms with E-state index in [4.69, 9.17) is 21.7 Å². The van der Waals surface area contributed by atoms with Gasteiger partial charge in [-0.25, -0.2) is 9.78 Å². The van der Waals surface area contributed by atoms with Gasteiger partial charge in [-0.15, -0.1) is 0 Å². The van der Waals surface area contributed by atoms with E-state index in [-0.39, 0.29) is 19.3 Å². The Labute approximate surface area is 215 Å². The molecule has 4 unspecified atom stereocenters. The maximum Gasteiger partial charge on any atom is 0.326 e. The van der Waals surface area contributed by atoms with Crippen molar-refractivity contribution in [3.63, 3.8) is 0 Å². The van der Waals surface area contributed by atoms with Crippen molar-refractivity contribution < 1.29 is 48.9 Å². The minimum atomic E-state index is -1.55. The Hall–Kier alpha value is -4.54. The van der Waals surface area contributed by atoms with Crippen LogP contribution in [-0.2, 0) is 40.0 Å². The number of H-pyrrole nitrogens is 1. The van der Waals surface area contributed by atoms with Crippen molar-refractivity contribution in [2.75, 3.05) is 0 Å². The van der Waals surface area contributed by atoms with Crippen LogP contribution in [0.25, 0.3) is 0 Å². The number of carbonyl (C=O) groups is 7. The fraction of sp³-hybridized carbons (Fsp3) is 0.524. The molecule has 1 rings (SSSR count). The fourth-order valence-corrected chi connectivity index (χ4v) is 3.14. The van der Waals surface area contributed by atoms with Crippen LogP contribution >= 0.6 is 0 Å². The van der Waals surface area contributed by atoms with Crippen LogP contribution in [0.15, 0.2) is 12.5 Å². The summed E-state index contributed by atoms with van der Waals surface area (Å²) in [6.07, 6.45) is 0.0780. The van der Waals surface area contributed by atoms with E-state index in [0.29, 0.717) is 5.69 Å². The highest BCUT2D eigenvalue weighted by Crippen LogP contribution is 2.06. The first-order chi connectivity index (χ1) is 17.8. The number of carboxylic acids is 3. The summed E-state index contributed by atoms with van der Waals surface area (Å²) >= 11 is 0. The molecule has 210 valence electrons. The maximum atomic E-state index is 12.9. The number of hydrogen-bond acceptors (Lipinski definition) is 9. The molecule has 0 aliphatic heterocycles. The number of carboxylic acid groups (broad SMARTS) is 3. The van der Waals surface area contributed by atoms with Crippen LogP contribution in [0.2, 0.25) is 0 Å². The molecule has 0 spiro atoms. The van der Waals surface area contributed by atoms with Gasteiger partial charge in [0.2, 0.25) is 23.6 Å². The number of amides is 4. The standard InChI is InChI=1S/C21H31N7O10/c22-11(1-4-15(23)29)18(34)26-12(2-5-16(30)31)19(35)27-13(3-6-17(32)33)20(36)28-14(21(37)38)7-10-8-24-9-25-10/h8-9,11-14H,1-7,22H2,(H2,23,29)(H,24,25)(H,26,34)(H,27,35)(H,28,36)(H,30,31)(H,32,33)(H,37,38). The van der Waals surface area contributed by atoms with Gasteiger partial charge in [-0.05, 0) is 19.3 Å². The molecule has 0 aliphatic carbocycles. The van der Waals surface area contributed by atoms with Crippen molar-refractivity contribution in [3.05, 3.63) is 18.2 Å². The van der Waals surface area contributed by atoms with Gasteiger partial charge in [0, 0.05) is 37.6 Å². The number of imidazole rings is 1. The predicted molar refractivity (Wildman–Crippen MR) is 126 cm³/mol. The number of primary amides is 1. The number of nitrogens with one attached hydrogen (secondary N) is 4. The average molecular weight is 542 g/mol. The van der Waals surface area contributed by atoms with Crippen LogP contribution in [0, 0.1) is 0 Å². The van der Waals surface area contributed by atoms with Gasteiger partial charge in [0.15, 0.2) is 0 Å². The molecular formula is C21H31N7O10. The highest BCUT2D eigenvalue weighted by atomic mass is 16.4. The molecule has 0 saturated heterocycles. The van der Waals surface area contributed by atoms with Gasteiger partial charge in [-0.3, -0.25) is 28.8 Å². The molecule has 1 heterocycles. The van der Waals surface area contributed by atoms with E-state index in [2.05, 4.69) is 25.9 Å². The van der Waals surface area contributed by atoms with Crippen LogP contribution in [0.4, 0.5) is 0 Å². The molecule has 0 radical (unpaired) electrons. The number of aromatic amines is 1. The molecule has 11 N–H and O–H groups in total. The minimum Gasteiger partial charge on any atom is -0.481 e. The molecule has 17 heteroatoms. The summed E-state index contributed by atoms with van der Waals surface area (Å²) < 4.78 is 0. The van der Waals surface area contributed by atoms with E-state index in [0.717, 1.165) is 0 Å². The number of nitrogens with two attached hydrogens (primary N) is 2. The highest BCUT2D eigenvalue weighted by molar-refractivity contribution is 5.94. The van der Waals surface area contributed by atoms with E-state index in [1.165, 1.54) is 12.5 Å². The summed E-state index contributed by atoms with van der Waals surface area (Å²) in [7, 11) is 0. The second-order valence-corrected chi connectivity index (χ2v) is 8.28. The molecule has 1 aromatic rings. The molecular weight excluding hydrogens is 510 g/mol. The number of rotatable bonds is 18. The van der Waals surface area contributed by atoms with Crippen molar-refractivity contribution in [2.24, 2.45) is 11.5 Å². The van der Waals surface area contributed by atoms with Crippen LogP contribution in [-0.4, -0.2) is 91.0 Å². The third kappa shape index (κ3) is 11.9. The Balaban J connectivity index is 3.02. The molecule has 0 bridgehead atoms. The summed E-state index contributed by atoms with van der Waals surface area (Å²) in [6.45, 7) is 0. The average Bonchev–Trinajstić information content (AvgIpc) is 3.34. The lowest BCUT2D eigenvalue weighted by Crippen LogP contribution is -2.57. The van der Waals surface area contributed by atoms with E-state index >= 15 is 0 Å². The van der Waals surface area contributed by atoms with Crippen molar-refractivity contribution in [1.82, 2.24) is 25.9 Å². The van der Waals surface area contributed by atoms with Crippen LogP contribution in [0.1, 0.15) is 44.2 Å². The topological polar surface area (TPSA) is 297 Å². The van der Waals surface area contributed by atoms with Gasteiger partial charge >= 0.3 is 17.9 Å². The Morgan fingerprint density at radius 3 is 1.71 bits per heavy atom. The third-order valence-corrected chi connectivity index (χ3v) is 5.19. The molecule has 0 aromatic carbocycles. The number of nitrogens with zero attached hydrogens (tertiary/aromatic N) is 1. The first-order valence-electron chi connectivity index (χ1n) is 11.4. The summed E-state index contributed by atoms with van der Waals surface area (Å²) in [5.74, 6) is -7.67. The largest absolute Gasteiger partial charge is 0.481 e. The molecule has 38 heavy (non-hydrogen) atoms. The molecule has 0 fully saturated rings. The van der Waals surface area contributed by atoms with Gasteiger partial charge in [0.25, 0.3) is 0 Å². The molecule has 4 atom stereocenters. The van der Waals surface area contributed by atoms with Crippen molar-refractivity contribution >= 4 is 41.5 Å². The summed E-state index contributed by atoms with van der Waals surface area (Å²) in [4.78, 5) is 89.2. The Bertz CT molecular complexity index is 1010. The monoisotopic (exact) mass is 541 g/mol. The van der Waals surface area contributed by atoms with Gasteiger partial charge in [0.05, 0.1) is 12.4 Å². The maximum absolute atomic E-state index is 12.9. The van der Waals surface area contributed by atoms with E-state index in [1.807, 2.05) is 0 Å². The number of aliphatic carboxylic acids is 3. The second-order valence-electron chi connectivity index (χ2n) is 8.28. The molecule has 0 saturated carbocycles. The molecule has 1 aromatic heterocycles. The lowest BCUT2D eigenvalue weighted by atomic mass is 10.1. The first kappa shape index (κ1) is 31.5. The zero-order chi connectivity index (χ0) is 28.8. The predicted octanol–water partition coefficient (Wildman–Crippen LogP) is -3.19. The quantitative estimate of drug-likeness (QED) is 0.0888. The van der Waals surface area contributed by atoms with Crippen molar-refractivity contribution in [1.29, 1.82) is 0 Å². The normalized spacial score (nSPS) is 13.8. The number of hydrogen-bond donors (Lipinski definition) is 9. The first-order valence-corrected chi connectivity index (χ1v) is 11.4. The lowest BCUT2D eigenvalue weighted by Gasteiger charge is -2.25. The molecule has 0 aliphatic rings. The van der Waals surface area contributed by atoms with Crippen LogP contribution in [0.5, 0.6) is 0 Å². The smallest absolute Gasteiger partial charge is 0.326 e. The Morgan fingerprint density at radius 2 is 1.29 bits per heavy atom. The summed E-state index contributed by atoms with van der Waals surface area (Å²) in [5.41, 5.74) is 11.1. The van der Waals surface area contributed by atoms with Crippen LogP contribution < -0.4 is 27.4 Å². The zero-order valence-electron chi connectivity index (χ0n) is 20.2. The summed E-state index contributed by atoms with van der Waals surface area (Å²) in [6, 6.07) is -5.76. The molecule has 4 amide bonds. The SMILES string of the molecule is NC(=O)CCC(N)C(=O)NC(CCC(=O)O)C(=O)NC(CCC(=O)O)C(=O)NC(Cc1cnc[nH]1)C(=O)O. The van der Waals surface area contributed by atoms with Crippen LogP contribution in [0.3, 0.4) is 0 Å². The molecule has 17 nitrogen and oxygen atoms in total. The Morgan fingerprint density at radius 1 is 0.789 bits per heavy atom. The fourth-order valence-electron chi connectivity index (χ4n) is 3.14.